The summed E-state index contributed by atoms with van der Waals surface area (Å²) in [5.74, 6) is 0. The molecule has 0 aliphatic heterocycles. The Kier molecular flexibility index (Phi) is 2.38. The Morgan fingerprint density at radius 2 is 1.92 bits per heavy atom. The molecular formula is C10H13BO2. The molecule has 13 heavy (non-hydrogen) atoms. The van der Waals surface area contributed by atoms with Crippen LogP contribution in [0.15, 0.2) is 18.2 Å². The van der Waals surface area contributed by atoms with Gasteiger partial charge in [0.25, 0.3) is 0 Å². The second kappa shape index (κ2) is 3.52. The summed E-state index contributed by atoms with van der Waals surface area (Å²) in [7, 11) is -1.22. The molecule has 3 heteroatoms. The van der Waals surface area contributed by atoms with E-state index in [0.29, 0.717) is 6.32 Å². The van der Waals surface area contributed by atoms with Gasteiger partial charge in [0.15, 0.2) is 0 Å². The van der Waals surface area contributed by atoms with Crippen LogP contribution in [0, 0.1) is 0 Å². The second-order valence-electron chi connectivity index (χ2n) is 3.64. The molecule has 0 radical (unpaired) electrons. The van der Waals surface area contributed by atoms with Crippen molar-refractivity contribution in [3.05, 3.63) is 34.9 Å². The molecule has 1 aliphatic carbocycles. The van der Waals surface area contributed by atoms with Gasteiger partial charge in [0.2, 0.25) is 0 Å². The third kappa shape index (κ3) is 1.93. The van der Waals surface area contributed by atoms with Crippen LogP contribution < -0.4 is 0 Å². The molecule has 2 rings (SSSR count). The monoisotopic (exact) mass is 176 g/mol. The molecule has 2 N–H and O–H groups in total. The van der Waals surface area contributed by atoms with Crippen molar-refractivity contribution in [2.75, 3.05) is 0 Å². The SMILES string of the molecule is OB(O)Cc1ccc2c(c1)CCC2. The van der Waals surface area contributed by atoms with Crippen LogP contribution in [0.5, 0.6) is 0 Å². The smallest absolute Gasteiger partial charge is 0.427 e. The summed E-state index contributed by atoms with van der Waals surface area (Å²) in [6.07, 6.45) is 3.90. The van der Waals surface area contributed by atoms with Crippen LogP contribution >= 0.6 is 0 Å². The van der Waals surface area contributed by atoms with Crippen molar-refractivity contribution in [1.82, 2.24) is 0 Å². The Hall–Kier alpha value is -0.795. The molecule has 0 atom stereocenters. The fourth-order valence-corrected chi connectivity index (χ4v) is 1.96. The van der Waals surface area contributed by atoms with E-state index in [1.165, 1.54) is 24.0 Å². The molecular weight excluding hydrogens is 163 g/mol. The fraction of sp³-hybridized carbons (Fsp3) is 0.400. The number of benzene rings is 1. The molecule has 1 aromatic carbocycles. The average molecular weight is 176 g/mol. The molecule has 0 aromatic heterocycles. The zero-order valence-corrected chi connectivity index (χ0v) is 7.53. The molecule has 0 saturated heterocycles. The third-order valence-electron chi connectivity index (χ3n) is 2.58. The third-order valence-corrected chi connectivity index (χ3v) is 2.58. The van der Waals surface area contributed by atoms with Crippen molar-refractivity contribution in [1.29, 1.82) is 0 Å². The van der Waals surface area contributed by atoms with E-state index in [1.807, 2.05) is 6.07 Å². The van der Waals surface area contributed by atoms with Gasteiger partial charge in [-0.2, -0.15) is 0 Å². The summed E-state index contributed by atoms with van der Waals surface area (Å²) in [5.41, 5.74) is 3.84. The van der Waals surface area contributed by atoms with E-state index in [0.717, 1.165) is 12.0 Å². The van der Waals surface area contributed by atoms with Gasteiger partial charge in [0.1, 0.15) is 0 Å². The highest BCUT2D eigenvalue weighted by atomic mass is 16.4. The summed E-state index contributed by atoms with van der Waals surface area (Å²) in [6.45, 7) is 0. The Morgan fingerprint density at radius 3 is 2.69 bits per heavy atom. The molecule has 0 saturated carbocycles. The molecule has 0 unspecified atom stereocenters. The maximum atomic E-state index is 8.81. The van der Waals surface area contributed by atoms with E-state index < -0.39 is 7.12 Å². The first kappa shape index (κ1) is 8.79. The molecule has 0 amide bonds. The summed E-state index contributed by atoms with van der Waals surface area (Å²) < 4.78 is 0. The first-order valence-corrected chi connectivity index (χ1v) is 4.72. The lowest BCUT2D eigenvalue weighted by Crippen LogP contribution is -2.15. The minimum atomic E-state index is -1.22. The topological polar surface area (TPSA) is 40.5 Å². The van der Waals surface area contributed by atoms with Crippen LogP contribution in [0.25, 0.3) is 0 Å². The second-order valence-corrected chi connectivity index (χ2v) is 3.64. The van der Waals surface area contributed by atoms with Gasteiger partial charge in [-0.3, -0.25) is 0 Å². The van der Waals surface area contributed by atoms with Gasteiger partial charge in [0.05, 0.1) is 0 Å². The average Bonchev–Trinajstić information content (AvgIpc) is 2.49. The van der Waals surface area contributed by atoms with E-state index in [2.05, 4.69) is 12.1 Å². The van der Waals surface area contributed by atoms with Crippen LogP contribution in [0.2, 0.25) is 0 Å². The number of hydrogen-bond acceptors (Lipinski definition) is 2. The van der Waals surface area contributed by atoms with Gasteiger partial charge in [-0.25, -0.2) is 0 Å². The van der Waals surface area contributed by atoms with Crippen molar-refractivity contribution in [2.45, 2.75) is 25.6 Å². The van der Waals surface area contributed by atoms with Crippen molar-refractivity contribution in [3.8, 4) is 0 Å². The van der Waals surface area contributed by atoms with Gasteiger partial charge >= 0.3 is 7.12 Å². The van der Waals surface area contributed by atoms with Gasteiger partial charge in [-0.05, 0) is 36.0 Å². The lowest BCUT2D eigenvalue weighted by Gasteiger charge is -2.03. The first-order valence-electron chi connectivity index (χ1n) is 4.72. The molecule has 1 aliphatic rings. The molecule has 0 bridgehead atoms. The molecule has 0 spiro atoms. The van der Waals surface area contributed by atoms with E-state index in [-0.39, 0.29) is 0 Å². The molecule has 2 nitrogen and oxygen atoms in total. The zero-order valence-electron chi connectivity index (χ0n) is 7.53. The maximum absolute atomic E-state index is 8.81. The van der Waals surface area contributed by atoms with E-state index in [1.54, 1.807) is 0 Å². The van der Waals surface area contributed by atoms with Gasteiger partial charge in [-0.15, -0.1) is 0 Å². The number of fused-ring (bicyclic) bond motifs is 1. The highest BCUT2D eigenvalue weighted by Crippen LogP contribution is 2.22. The fourth-order valence-electron chi connectivity index (χ4n) is 1.96. The van der Waals surface area contributed by atoms with E-state index in [4.69, 9.17) is 10.0 Å². The summed E-state index contributed by atoms with van der Waals surface area (Å²) in [6, 6.07) is 6.20. The highest BCUT2D eigenvalue weighted by Gasteiger charge is 2.13. The summed E-state index contributed by atoms with van der Waals surface area (Å²) in [4.78, 5) is 0. The normalized spacial score (nSPS) is 14.3. The Morgan fingerprint density at radius 1 is 1.15 bits per heavy atom. The summed E-state index contributed by atoms with van der Waals surface area (Å²) in [5, 5.41) is 17.6. The molecule has 68 valence electrons. The van der Waals surface area contributed by atoms with Crippen molar-refractivity contribution >= 4 is 7.12 Å². The minimum absolute atomic E-state index is 0.341. The molecule has 0 heterocycles. The number of rotatable bonds is 2. The van der Waals surface area contributed by atoms with Crippen molar-refractivity contribution in [3.63, 3.8) is 0 Å². The van der Waals surface area contributed by atoms with Crippen molar-refractivity contribution in [2.24, 2.45) is 0 Å². The Labute approximate surface area is 78.4 Å². The van der Waals surface area contributed by atoms with Gasteiger partial charge in [-0.1, -0.05) is 18.2 Å². The van der Waals surface area contributed by atoms with Crippen LogP contribution in [0.4, 0.5) is 0 Å². The van der Waals surface area contributed by atoms with Crippen LogP contribution in [0.3, 0.4) is 0 Å². The lowest BCUT2D eigenvalue weighted by molar-refractivity contribution is 0.405. The predicted molar refractivity (Wildman–Crippen MR) is 52.4 cm³/mol. The van der Waals surface area contributed by atoms with E-state index in [9.17, 15) is 0 Å². The van der Waals surface area contributed by atoms with Gasteiger partial charge < -0.3 is 10.0 Å². The predicted octanol–water partition coefficient (Wildman–Crippen LogP) is 0.730. The van der Waals surface area contributed by atoms with Crippen LogP contribution in [-0.2, 0) is 19.2 Å². The minimum Gasteiger partial charge on any atom is -0.427 e. The molecule has 1 aromatic rings. The van der Waals surface area contributed by atoms with Crippen LogP contribution in [0.1, 0.15) is 23.1 Å². The largest absolute Gasteiger partial charge is 0.456 e. The van der Waals surface area contributed by atoms with Crippen LogP contribution in [-0.4, -0.2) is 17.2 Å². The Bertz CT molecular complexity index is 310. The van der Waals surface area contributed by atoms with E-state index >= 15 is 0 Å². The number of hydrogen-bond donors (Lipinski definition) is 2. The van der Waals surface area contributed by atoms with Crippen molar-refractivity contribution < 1.29 is 10.0 Å². The van der Waals surface area contributed by atoms with Gasteiger partial charge in [0, 0.05) is 6.32 Å². The standard InChI is InChI=1S/C10H13BO2/c12-11(13)7-8-4-5-9-2-1-3-10(9)6-8/h4-6,12-13H,1-3,7H2. The maximum Gasteiger partial charge on any atom is 0.456 e. The molecule has 0 fully saturated rings. The Balaban J connectivity index is 2.21. The summed E-state index contributed by atoms with van der Waals surface area (Å²) >= 11 is 0. The lowest BCUT2D eigenvalue weighted by atomic mass is 9.81. The number of aryl methyl sites for hydroxylation is 2. The zero-order chi connectivity index (χ0) is 9.26. The first-order chi connectivity index (χ1) is 6.25. The quantitative estimate of drug-likeness (QED) is 0.652. The highest BCUT2D eigenvalue weighted by molar-refractivity contribution is 6.40.